The maximum Gasteiger partial charge on any atom is 0.356 e. The fourth-order valence-electron chi connectivity index (χ4n) is 4.67. The van der Waals surface area contributed by atoms with Crippen LogP contribution >= 0.6 is 11.6 Å². The van der Waals surface area contributed by atoms with Crippen LogP contribution in [0.3, 0.4) is 0 Å². The predicted octanol–water partition coefficient (Wildman–Crippen LogP) is 4.99. The van der Waals surface area contributed by atoms with Gasteiger partial charge in [0.05, 0.1) is 0 Å². The van der Waals surface area contributed by atoms with Crippen LogP contribution in [-0.4, -0.2) is 29.1 Å². The van der Waals surface area contributed by atoms with Crippen molar-refractivity contribution in [2.24, 2.45) is 7.05 Å². The van der Waals surface area contributed by atoms with Crippen molar-refractivity contribution in [3.05, 3.63) is 99.4 Å². The molecule has 7 heteroatoms. The number of carbonyl (C=O) groups excluding carboxylic acids is 2. The molecule has 0 saturated heterocycles. The number of hydrogen-bond donors (Lipinski definition) is 0. The second kappa shape index (κ2) is 9.04. The standard InChI is InChI=1S/C28H23ClN2O4/c1-17(26(32)31-16-15-18-7-3-6-10-23(18)31)35-28(34)25-24(19-11-13-20(29)14-12-19)21-8-4-5-9-22(21)27(33)30(25)2/h3-14,17H,15-16H2,1-2H3. The summed E-state index contributed by atoms with van der Waals surface area (Å²) in [6.45, 7) is 2.09. The molecule has 6 nitrogen and oxygen atoms in total. The van der Waals surface area contributed by atoms with Crippen LogP contribution in [0, 0.1) is 0 Å². The van der Waals surface area contributed by atoms with Crippen LogP contribution in [0.4, 0.5) is 5.69 Å². The Morgan fingerprint density at radius 1 is 0.943 bits per heavy atom. The molecule has 1 aromatic heterocycles. The molecule has 0 spiro atoms. The van der Waals surface area contributed by atoms with Crippen LogP contribution in [0.25, 0.3) is 21.9 Å². The SMILES string of the molecule is CC(OC(=O)c1c(-c2ccc(Cl)cc2)c2ccccc2c(=O)n1C)C(=O)N1CCc2ccccc21. The number of hydrogen-bond acceptors (Lipinski definition) is 4. The lowest BCUT2D eigenvalue weighted by Gasteiger charge is -2.23. The number of amides is 1. The molecule has 3 aromatic carbocycles. The van der Waals surface area contributed by atoms with Gasteiger partial charge in [-0.05, 0) is 54.1 Å². The maximum absolute atomic E-state index is 13.5. The Labute approximate surface area is 207 Å². The number of rotatable bonds is 4. The van der Waals surface area contributed by atoms with Gasteiger partial charge in [0.1, 0.15) is 5.69 Å². The molecule has 5 rings (SSSR count). The molecule has 0 aliphatic carbocycles. The second-order valence-corrected chi connectivity index (χ2v) is 8.99. The summed E-state index contributed by atoms with van der Waals surface area (Å²) in [6.07, 6.45) is -0.282. The summed E-state index contributed by atoms with van der Waals surface area (Å²) >= 11 is 6.09. The third-order valence-corrected chi connectivity index (χ3v) is 6.67. The van der Waals surface area contributed by atoms with Gasteiger partial charge in [-0.1, -0.05) is 60.1 Å². The molecule has 1 aliphatic heterocycles. The van der Waals surface area contributed by atoms with Gasteiger partial charge in [-0.3, -0.25) is 9.59 Å². The normalized spacial score (nSPS) is 13.5. The van der Waals surface area contributed by atoms with Crippen LogP contribution < -0.4 is 10.5 Å². The molecule has 1 amide bonds. The second-order valence-electron chi connectivity index (χ2n) is 8.56. The highest BCUT2D eigenvalue weighted by Gasteiger charge is 2.31. The lowest BCUT2D eigenvalue weighted by molar-refractivity contribution is -0.126. The van der Waals surface area contributed by atoms with E-state index in [-0.39, 0.29) is 17.2 Å². The number of anilines is 1. The number of halogens is 1. The molecule has 176 valence electrons. The molecule has 2 heterocycles. The number of pyridine rings is 1. The minimum absolute atomic E-state index is 0.0810. The molecule has 0 radical (unpaired) electrons. The lowest BCUT2D eigenvalue weighted by atomic mass is 9.96. The van der Waals surface area contributed by atoms with Gasteiger partial charge in [0.25, 0.3) is 11.5 Å². The van der Waals surface area contributed by atoms with E-state index in [4.69, 9.17) is 16.3 Å². The van der Waals surface area contributed by atoms with Gasteiger partial charge >= 0.3 is 5.97 Å². The summed E-state index contributed by atoms with van der Waals surface area (Å²) in [6, 6.07) is 21.8. The van der Waals surface area contributed by atoms with Gasteiger partial charge in [0, 0.05) is 35.3 Å². The number of carbonyl (C=O) groups is 2. The molecule has 0 saturated carbocycles. The fraction of sp³-hybridized carbons (Fsp3) is 0.179. The van der Waals surface area contributed by atoms with Crippen molar-refractivity contribution in [3.8, 4) is 11.1 Å². The highest BCUT2D eigenvalue weighted by molar-refractivity contribution is 6.30. The van der Waals surface area contributed by atoms with E-state index in [1.165, 1.54) is 11.6 Å². The van der Waals surface area contributed by atoms with E-state index in [0.29, 0.717) is 33.5 Å². The van der Waals surface area contributed by atoms with Crippen LogP contribution in [0.2, 0.25) is 5.02 Å². The van der Waals surface area contributed by atoms with Crippen molar-refractivity contribution in [1.29, 1.82) is 0 Å². The zero-order valence-electron chi connectivity index (χ0n) is 19.3. The maximum atomic E-state index is 13.5. The summed E-state index contributed by atoms with van der Waals surface area (Å²) < 4.78 is 6.97. The summed E-state index contributed by atoms with van der Waals surface area (Å²) in [5.41, 5.74) is 2.94. The monoisotopic (exact) mass is 486 g/mol. The topological polar surface area (TPSA) is 68.6 Å². The minimum atomic E-state index is -1.03. The fourth-order valence-corrected chi connectivity index (χ4v) is 4.79. The lowest BCUT2D eigenvalue weighted by Crippen LogP contribution is -2.39. The van der Waals surface area contributed by atoms with Crippen molar-refractivity contribution in [2.45, 2.75) is 19.4 Å². The van der Waals surface area contributed by atoms with E-state index in [1.807, 2.05) is 30.3 Å². The van der Waals surface area contributed by atoms with Gasteiger partial charge in [-0.2, -0.15) is 0 Å². The van der Waals surface area contributed by atoms with Crippen molar-refractivity contribution < 1.29 is 14.3 Å². The Kier molecular flexibility index (Phi) is 5.91. The molecular formula is C28H23ClN2O4. The zero-order chi connectivity index (χ0) is 24.7. The summed E-state index contributed by atoms with van der Waals surface area (Å²) in [4.78, 5) is 41.5. The van der Waals surface area contributed by atoms with Crippen molar-refractivity contribution in [2.75, 3.05) is 11.4 Å². The van der Waals surface area contributed by atoms with E-state index in [0.717, 1.165) is 17.7 Å². The minimum Gasteiger partial charge on any atom is -0.448 e. The average Bonchev–Trinajstić information content (AvgIpc) is 3.30. The van der Waals surface area contributed by atoms with Gasteiger partial charge in [-0.15, -0.1) is 0 Å². The van der Waals surface area contributed by atoms with Crippen molar-refractivity contribution >= 4 is 39.9 Å². The largest absolute Gasteiger partial charge is 0.448 e. The Bertz CT molecular complexity index is 1520. The highest BCUT2D eigenvalue weighted by atomic mass is 35.5. The van der Waals surface area contributed by atoms with Gasteiger partial charge in [0.15, 0.2) is 6.10 Å². The van der Waals surface area contributed by atoms with E-state index < -0.39 is 12.1 Å². The van der Waals surface area contributed by atoms with Crippen molar-refractivity contribution in [3.63, 3.8) is 0 Å². The first-order valence-electron chi connectivity index (χ1n) is 11.3. The number of nitrogens with zero attached hydrogens (tertiary/aromatic N) is 2. The number of esters is 1. The van der Waals surface area contributed by atoms with Crippen molar-refractivity contribution in [1.82, 2.24) is 4.57 Å². The molecule has 1 aliphatic rings. The molecule has 0 N–H and O–H groups in total. The van der Waals surface area contributed by atoms with Gasteiger partial charge in [0.2, 0.25) is 0 Å². The van der Waals surface area contributed by atoms with Crippen LogP contribution in [0.1, 0.15) is 23.0 Å². The number of fused-ring (bicyclic) bond motifs is 2. The summed E-state index contributed by atoms with van der Waals surface area (Å²) in [7, 11) is 1.54. The van der Waals surface area contributed by atoms with Gasteiger partial charge < -0.3 is 14.2 Å². The van der Waals surface area contributed by atoms with Crippen LogP contribution in [0.15, 0.2) is 77.6 Å². The Morgan fingerprint density at radius 2 is 1.60 bits per heavy atom. The predicted molar refractivity (Wildman–Crippen MR) is 137 cm³/mol. The summed E-state index contributed by atoms with van der Waals surface area (Å²) in [5, 5.41) is 1.66. The Morgan fingerprint density at radius 3 is 2.34 bits per heavy atom. The quantitative estimate of drug-likeness (QED) is 0.381. The number of ether oxygens (including phenoxy) is 1. The first kappa shape index (κ1) is 22.9. The van der Waals surface area contributed by atoms with E-state index in [9.17, 15) is 14.4 Å². The Hall–Kier alpha value is -3.90. The van der Waals surface area contributed by atoms with Gasteiger partial charge in [-0.25, -0.2) is 4.79 Å². The molecule has 1 atom stereocenters. The third-order valence-electron chi connectivity index (χ3n) is 6.41. The Balaban J connectivity index is 1.55. The number of aromatic nitrogens is 1. The molecule has 4 aromatic rings. The zero-order valence-corrected chi connectivity index (χ0v) is 20.1. The van der Waals surface area contributed by atoms with E-state index in [2.05, 4.69) is 0 Å². The first-order valence-corrected chi connectivity index (χ1v) is 11.7. The highest BCUT2D eigenvalue weighted by Crippen LogP contribution is 2.32. The van der Waals surface area contributed by atoms with E-state index >= 15 is 0 Å². The number of benzene rings is 3. The molecule has 0 fully saturated rings. The summed E-state index contributed by atoms with van der Waals surface area (Å²) in [5.74, 6) is -1.05. The van der Waals surface area contributed by atoms with Crippen LogP contribution in [-0.2, 0) is 23.0 Å². The molecule has 1 unspecified atom stereocenters. The molecule has 35 heavy (non-hydrogen) atoms. The number of para-hydroxylation sites is 1. The first-order chi connectivity index (χ1) is 16.9. The van der Waals surface area contributed by atoms with E-state index in [1.54, 1.807) is 54.3 Å². The molecule has 0 bridgehead atoms. The van der Waals surface area contributed by atoms with Crippen LogP contribution in [0.5, 0.6) is 0 Å². The third kappa shape index (κ3) is 4.00. The smallest absolute Gasteiger partial charge is 0.356 e. The molecular weight excluding hydrogens is 464 g/mol. The average molecular weight is 487 g/mol.